The fourth-order valence-electron chi connectivity index (χ4n) is 1.85. The zero-order valence-electron chi connectivity index (χ0n) is 11.1. The van der Waals surface area contributed by atoms with E-state index in [1.54, 1.807) is 30.3 Å². The van der Waals surface area contributed by atoms with Crippen LogP contribution in [-0.2, 0) is 5.60 Å². The number of benzene rings is 1. The molecule has 112 valence electrons. The second-order valence-electron chi connectivity index (χ2n) is 4.88. The van der Waals surface area contributed by atoms with Crippen molar-refractivity contribution in [3.8, 4) is 0 Å². The molecular weight excluding hydrogens is 264 g/mol. The monoisotopic (exact) mass is 284 g/mol. The number of rotatable bonds is 6. The van der Waals surface area contributed by atoms with E-state index in [4.69, 9.17) is 5.11 Å². The summed E-state index contributed by atoms with van der Waals surface area (Å²) in [6, 6.07) is 8.09. The Kier molecular flexibility index (Phi) is 5.27. The third-order valence-corrected chi connectivity index (χ3v) is 3.27. The second-order valence-corrected chi connectivity index (χ2v) is 4.88. The van der Waals surface area contributed by atoms with Gasteiger partial charge in [-0.2, -0.15) is 0 Å². The van der Waals surface area contributed by atoms with Crippen LogP contribution < -0.4 is 0 Å². The van der Waals surface area contributed by atoms with Gasteiger partial charge in [0.2, 0.25) is 0 Å². The van der Waals surface area contributed by atoms with Crippen molar-refractivity contribution < 1.29 is 30.6 Å². The number of aliphatic hydroxyl groups is 6. The van der Waals surface area contributed by atoms with Crippen LogP contribution in [0.15, 0.2) is 42.7 Å². The van der Waals surface area contributed by atoms with E-state index < -0.39 is 35.8 Å². The van der Waals surface area contributed by atoms with Crippen molar-refractivity contribution in [2.45, 2.75) is 36.9 Å². The van der Waals surface area contributed by atoms with Gasteiger partial charge in [-0.1, -0.05) is 36.9 Å². The molecule has 6 N–H and O–H groups in total. The average Bonchev–Trinajstić information content (AvgIpc) is 2.44. The molecule has 0 aliphatic carbocycles. The van der Waals surface area contributed by atoms with E-state index in [0.717, 1.165) is 0 Å². The molecule has 1 aromatic carbocycles. The molecule has 1 unspecified atom stereocenters. The predicted molar refractivity (Wildman–Crippen MR) is 71.8 cm³/mol. The van der Waals surface area contributed by atoms with E-state index in [-0.39, 0.29) is 0 Å². The molecule has 1 aromatic rings. The molecule has 0 aliphatic heterocycles. The Morgan fingerprint density at radius 3 is 2.00 bits per heavy atom. The number of aliphatic hydroxyl groups excluding tert-OH is 5. The van der Waals surface area contributed by atoms with Crippen molar-refractivity contribution in [1.29, 1.82) is 0 Å². The van der Waals surface area contributed by atoms with E-state index in [2.05, 4.69) is 6.58 Å². The summed E-state index contributed by atoms with van der Waals surface area (Å²) in [5, 5.41) is 58.2. The minimum atomic E-state index is -1.89. The Morgan fingerprint density at radius 2 is 1.55 bits per heavy atom. The highest BCUT2D eigenvalue weighted by molar-refractivity contribution is 5.23. The first-order valence-corrected chi connectivity index (χ1v) is 6.07. The molecule has 0 heterocycles. The molecule has 0 fully saturated rings. The number of hydrogen-bond acceptors (Lipinski definition) is 6. The first-order chi connectivity index (χ1) is 9.19. The molecule has 0 bridgehead atoms. The van der Waals surface area contributed by atoms with Gasteiger partial charge in [-0.25, -0.2) is 0 Å². The minimum absolute atomic E-state index is 0.330. The van der Waals surface area contributed by atoms with Gasteiger partial charge in [-0.05, 0) is 12.5 Å². The zero-order valence-corrected chi connectivity index (χ0v) is 11.1. The maximum absolute atomic E-state index is 10.3. The molecule has 0 aliphatic rings. The Morgan fingerprint density at radius 1 is 1.05 bits per heavy atom. The maximum atomic E-state index is 10.3. The van der Waals surface area contributed by atoms with E-state index >= 15 is 0 Å². The van der Waals surface area contributed by atoms with E-state index in [1.165, 1.54) is 6.92 Å². The zero-order chi connectivity index (χ0) is 15.5. The van der Waals surface area contributed by atoms with Gasteiger partial charge in [0, 0.05) is 0 Å². The quantitative estimate of drug-likeness (QED) is 0.388. The fraction of sp³-hybridized carbons (Fsp3) is 0.429. The summed E-state index contributed by atoms with van der Waals surface area (Å²) < 4.78 is 0. The van der Waals surface area contributed by atoms with E-state index in [1.807, 2.05) is 0 Å². The fourth-order valence-corrected chi connectivity index (χ4v) is 1.85. The lowest BCUT2D eigenvalue weighted by Crippen LogP contribution is -2.53. The van der Waals surface area contributed by atoms with Gasteiger partial charge in [0.25, 0.3) is 0 Å². The van der Waals surface area contributed by atoms with Crippen molar-refractivity contribution in [1.82, 2.24) is 0 Å². The summed E-state index contributed by atoms with van der Waals surface area (Å²) >= 11 is 0. The van der Waals surface area contributed by atoms with Crippen molar-refractivity contribution >= 4 is 0 Å². The van der Waals surface area contributed by atoms with Crippen LogP contribution >= 0.6 is 0 Å². The van der Waals surface area contributed by atoms with Gasteiger partial charge in [-0.3, -0.25) is 0 Å². The first-order valence-electron chi connectivity index (χ1n) is 6.07. The van der Waals surface area contributed by atoms with Crippen molar-refractivity contribution in [3.05, 3.63) is 48.2 Å². The van der Waals surface area contributed by atoms with Crippen LogP contribution in [0.2, 0.25) is 0 Å². The molecule has 0 amide bonds. The van der Waals surface area contributed by atoms with E-state index in [9.17, 15) is 25.5 Å². The molecule has 0 aromatic heterocycles. The predicted octanol–water partition coefficient (Wildman–Crippen LogP) is -0.591. The SMILES string of the molecule is C=C(O)[C@@H](O)[C@@H](O)[C@H](O)[C@@H](O)C(C)(O)c1ccccc1. The van der Waals surface area contributed by atoms with Crippen LogP contribution in [0.25, 0.3) is 0 Å². The summed E-state index contributed by atoms with van der Waals surface area (Å²) in [7, 11) is 0. The maximum Gasteiger partial charge on any atom is 0.139 e. The normalized spacial score (nSPS) is 20.5. The molecule has 5 atom stereocenters. The summed E-state index contributed by atoms with van der Waals surface area (Å²) in [6.45, 7) is 4.30. The molecule has 0 spiro atoms. The first kappa shape index (κ1) is 16.6. The Balaban J connectivity index is 2.93. The van der Waals surface area contributed by atoms with Crippen molar-refractivity contribution in [3.63, 3.8) is 0 Å². The van der Waals surface area contributed by atoms with Crippen molar-refractivity contribution in [2.75, 3.05) is 0 Å². The van der Waals surface area contributed by atoms with Crippen LogP contribution in [0.4, 0.5) is 0 Å². The average molecular weight is 284 g/mol. The topological polar surface area (TPSA) is 121 Å². The Hall–Kier alpha value is -1.44. The summed E-state index contributed by atoms with van der Waals surface area (Å²) in [5.41, 5.74) is -1.52. The minimum Gasteiger partial charge on any atom is -0.510 e. The molecule has 0 saturated heterocycles. The highest BCUT2D eigenvalue weighted by Crippen LogP contribution is 2.28. The van der Waals surface area contributed by atoms with Crippen molar-refractivity contribution in [2.24, 2.45) is 0 Å². The molecule has 20 heavy (non-hydrogen) atoms. The highest BCUT2D eigenvalue weighted by Gasteiger charge is 2.42. The summed E-state index contributed by atoms with van der Waals surface area (Å²) in [6.07, 6.45) is -7.39. The smallest absolute Gasteiger partial charge is 0.139 e. The van der Waals surface area contributed by atoms with Gasteiger partial charge >= 0.3 is 0 Å². The lowest BCUT2D eigenvalue weighted by molar-refractivity contribution is -0.166. The third-order valence-electron chi connectivity index (χ3n) is 3.27. The second kappa shape index (κ2) is 6.34. The van der Waals surface area contributed by atoms with Crippen LogP contribution in [-0.4, -0.2) is 55.1 Å². The molecule has 6 heteroatoms. The van der Waals surface area contributed by atoms with Crippen LogP contribution in [0.5, 0.6) is 0 Å². The summed E-state index contributed by atoms with van der Waals surface area (Å²) in [4.78, 5) is 0. The van der Waals surface area contributed by atoms with E-state index in [0.29, 0.717) is 5.56 Å². The standard InChI is InChI=1S/C14H20O6/c1-8(15)10(16)11(17)12(18)13(19)14(2,20)9-6-4-3-5-7-9/h3-7,10-13,15-20H,1H2,2H3/t10-,11-,12+,13-,14?/m1/s1. The van der Waals surface area contributed by atoms with Crippen LogP contribution in [0.3, 0.4) is 0 Å². The van der Waals surface area contributed by atoms with Gasteiger partial charge < -0.3 is 30.6 Å². The molecule has 0 radical (unpaired) electrons. The summed E-state index contributed by atoms with van der Waals surface area (Å²) in [5.74, 6) is -0.747. The third kappa shape index (κ3) is 3.36. The van der Waals surface area contributed by atoms with Crippen LogP contribution in [0.1, 0.15) is 12.5 Å². The molecule has 1 rings (SSSR count). The number of hydrogen-bond donors (Lipinski definition) is 6. The van der Waals surface area contributed by atoms with Gasteiger partial charge in [0.1, 0.15) is 35.8 Å². The van der Waals surface area contributed by atoms with Gasteiger partial charge in [0.05, 0.1) is 0 Å². The lowest BCUT2D eigenvalue weighted by Gasteiger charge is -2.35. The largest absolute Gasteiger partial charge is 0.510 e. The van der Waals surface area contributed by atoms with Gasteiger partial charge in [-0.15, -0.1) is 0 Å². The Labute approximate surface area is 116 Å². The van der Waals surface area contributed by atoms with Crippen LogP contribution in [0, 0.1) is 0 Å². The lowest BCUT2D eigenvalue weighted by atomic mass is 9.84. The Bertz CT molecular complexity index is 444. The highest BCUT2D eigenvalue weighted by atomic mass is 16.4. The molecule has 6 nitrogen and oxygen atoms in total. The molecular formula is C14H20O6. The molecule has 0 saturated carbocycles. The van der Waals surface area contributed by atoms with Gasteiger partial charge in [0.15, 0.2) is 0 Å².